The van der Waals surface area contributed by atoms with Crippen molar-refractivity contribution in [3.8, 4) is 5.75 Å². The number of benzene rings is 2. The Morgan fingerprint density at radius 2 is 2.00 bits per heavy atom. The van der Waals surface area contributed by atoms with Gasteiger partial charge in [-0.2, -0.15) is 0 Å². The predicted octanol–water partition coefficient (Wildman–Crippen LogP) is 3.27. The highest BCUT2D eigenvalue weighted by Crippen LogP contribution is 2.39. The van der Waals surface area contributed by atoms with E-state index in [0.29, 0.717) is 6.04 Å². The van der Waals surface area contributed by atoms with Crippen LogP contribution < -0.4 is 10.1 Å². The Labute approximate surface area is 102 Å². The highest BCUT2D eigenvalue weighted by molar-refractivity contribution is 5.90. The molecule has 1 heterocycles. The van der Waals surface area contributed by atoms with E-state index in [2.05, 4.69) is 48.6 Å². The average molecular weight is 227 g/mol. The third kappa shape index (κ3) is 1.69. The van der Waals surface area contributed by atoms with E-state index in [-0.39, 0.29) is 6.10 Å². The molecule has 2 aromatic rings. The average Bonchev–Trinajstić information content (AvgIpc) is 2.37. The van der Waals surface area contributed by atoms with E-state index < -0.39 is 0 Å². The van der Waals surface area contributed by atoms with Crippen LogP contribution >= 0.6 is 0 Å². The highest BCUT2D eigenvalue weighted by Gasteiger charge is 2.25. The lowest BCUT2D eigenvalue weighted by Crippen LogP contribution is -2.29. The first kappa shape index (κ1) is 10.6. The monoisotopic (exact) mass is 227 g/mol. The van der Waals surface area contributed by atoms with Gasteiger partial charge in [0.1, 0.15) is 5.75 Å². The smallest absolute Gasteiger partial charge is 0.132 e. The summed E-state index contributed by atoms with van der Waals surface area (Å²) in [5, 5.41) is 5.84. The molecule has 0 bridgehead atoms. The molecule has 2 aromatic carbocycles. The van der Waals surface area contributed by atoms with Crippen molar-refractivity contribution in [3.05, 3.63) is 42.0 Å². The van der Waals surface area contributed by atoms with Crippen LogP contribution in [-0.2, 0) is 0 Å². The third-order valence-corrected chi connectivity index (χ3v) is 3.52. The van der Waals surface area contributed by atoms with E-state index in [1.807, 2.05) is 7.05 Å². The normalized spacial score (nSPS) is 23.2. The first-order valence-electron chi connectivity index (χ1n) is 6.15. The molecule has 0 saturated heterocycles. The number of hydrogen-bond donors (Lipinski definition) is 1. The number of nitrogens with one attached hydrogen (secondary N) is 1. The molecule has 2 nitrogen and oxygen atoms in total. The van der Waals surface area contributed by atoms with Gasteiger partial charge in [0.15, 0.2) is 0 Å². The van der Waals surface area contributed by atoms with Crippen LogP contribution in [0.2, 0.25) is 0 Å². The van der Waals surface area contributed by atoms with Crippen molar-refractivity contribution in [2.24, 2.45) is 0 Å². The van der Waals surface area contributed by atoms with Crippen molar-refractivity contribution in [1.82, 2.24) is 5.32 Å². The lowest BCUT2D eigenvalue weighted by Gasteiger charge is -2.31. The minimum atomic E-state index is 0.269. The topological polar surface area (TPSA) is 21.3 Å². The molecule has 17 heavy (non-hydrogen) atoms. The maximum Gasteiger partial charge on any atom is 0.132 e. The summed E-state index contributed by atoms with van der Waals surface area (Å²) in [5.74, 6) is 1.06. The Morgan fingerprint density at radius 1 is 1.18 bits per heavy atom. The second-order valence-electron chi connectivity index (χ2n) is 4.71. The van der Waals surface area contributed by atoms with Gasteiger partial charge in [-0.15, -0.1) is 0 Å². The maximum absolute atomic E-state index is 6.04. The molecule has 0 radical (unpaired) electrons. The minimum Gasteiger partial charge on any atom is -0.490 e. The minimum absolute atomic E-state index is 0.269. The van der Waals surface area contributed by atoms with Crippen molar-refractivity contribution in [2.45, 2.75) is 25.5 Å². The van der Waals surface area contributed by atoms with Gasteiger partial charge in [-0.25, -0.2) is 0 Å². The van der Waals surface area contributed by atoms with Crippen LogP contribution in [0.1, 0.15) is 24.9 Å². The molecular formula is C15H17NO. The summed E-state index contributed by atoms with van der Waals surface area (Å²) in [6.45, 7) is 2.13. The molecule has 88 valence electrons. The van der Waals surface area contributed by atoms with Crippen molar-refractivity contribution < 1.29 is 4.74 Å². The Bertz CT molecular complexity index is 550. The van der Waals surface area contributed by atoms with Crippen molar-refractivity contribution in [1.29, 1.82) is 0 Å². The number of fused-ring (bicyclic) bond motifs is 3. The van der Waals surface area contributed by atoms with Crippen LogP contribution in [0.4, 0.5) is 0 Å². The molecule has 0 aliphatic carbocycles. The quantitative estimate of drug-likeness (QED) is 0.807. The molecular weight excluding hydrogens is 210 g/mol. The zero-order chi connectivity index (χ0) is 11.8. The number of ether oxygens (including phenoxy) is 1. The summed E-state index contributed by atoms with van der Waals surface area (Å²) in [6.07, 6.45) is 1.30. The fraction of sp³-hybridized carbons (Fsp3) is 0.333. The van der Waals surface area contributed by atoms with Crippen molar-refractivity contribution >= 4 is 10.8 Å². The van der Waals surface area contributed by atoms with Gasteiger partial charge in [0.2, 0.25) is 0 Å². The number of hydrogen-bond acceptors (Lipinski definition) is 2. The highest BCUT2D eigenvalue weighted by atomic mass is 16.5. The molecule has 0 fully saturated rings. The molecule has 0 aromatic heterocycles. The van der Waals surface area contributed by atoms with E-state index in [9.17, 15) is 0 Å². The van der Waals surface area contributed by atoms with Crippen LogP contribution in [0.3, 0.4) is 0 Å². The fourth-order valence-corrected chi connectivity index (χ4v) is 2.65. The zero-order valence-electron chi connectivity index (χ0n) is 10.2. The summed E-state index contributed by atoms with van der Waals surface area (Å²) in [7, 11) is 2.02. The zero-order valence-corrected chi connectivity index (χ0v) is 10.2. The molecule has 2 heteroatoms. The van der Waals surface area contributed by atoms with Crippen LogP contribution in [0.5, 0.6) is 5.75 Å². The van der Waals surface area contributed by atoms with Crippen LogP contribution in [0.25, 0.3) is 10.8 Å². The number of rotatable bonds is 1. The van der Waals surface area contributed by atoms with Crippen LogP contribution in [0.15, 0.2) is 36.4 Å². The lowest BCUT2D eigenvalue weighted by atomic mass is 9.94. The van der Waals surface area contributed by atoms with Gasteiger partial charge in [-0.05, 0) is 19.4 Å². The Kier molecular flexibility index (Phi) is 2.52. The second-order valence-corrected chi connectivity index (χ2v) is 4.71. The van der Waals surface area contributed by atoms with Crippen LogP contribution in [-0.4, -0.2) is 13.2 Å². The molecule has 0 amide bonds. The first-order valence-corrected chi connectivity index (χ1v) is 6.15. The molecule has 2 unspecified atom stereocenters. The van der Waals surface area contributed by atoms with Crippen LogP contribution in [0, 0.1) is 0 Å². The molecule has 0 spiro atoms. The van der Waals surface area contributed by atoms with Gasteiger partial charge in [0.05, 0.1) is 6.10 Å². The first-order chi connectivity index (χ1) is 8.29. The lowest BCUT2D eigenvalue weighted by molar-refractivity contribution is 0.172. The summed E-state index contributed by atoms with van der Waals surface area (Å²) >= 11 is 0. The molecule has 1 aliphatic heterocycles. The molecule has 1 N–H and O–H groups in total. The molecule has 3 rings (SSSR count). The fourth-order valence-electron chi connectivity index (χ4n) is 2.65. The van der Waals surface area contributed by atoms with Gasteiger partial charge in [0, 0.05) is 23.4 Å². The Hall–Kier alpha value is -1.54. The second kappa shape index (κ2) is 4.04. The van der Waals surface area contributed by atoms with E-state index in [0.717, 1.165) is 12.2 Å². The van der Waals surface area contributed by atoms with E-state index >= 15 is 0 Å². The van der Waals surface area contributed by atoms with Crippen molar-refractivity contribution in [2.75, 3.05) is 7.05 Å². The van der Waals surface area contributed by atoms with E-state index in [1.165, 1.54) is 16.3 Å². The van der Waals surface area contributed by atoms with E-state index in [4.69, 9.17) is 4.74 Å². The summed E-state index contributed by atoms with van der Waals surface area (Å²) in [5.41, 5.74) is 1.28. The standard InChI is InChI=1S/C15H17NO/c1-10-9-14(16-2)13-8-7-11-5-3-4-6-12(11)15(13)17-10/h3-8,10,14,16H,9H2,1-2H3. The van der Waals surface area contributed by atoms with E-state index in [1.54, 1.807) is 0 Å². The molecule has 1 aliphatic rings. The predicted molar refractivity (Wildman–Crippen MR) is 70.5 cm³/mol. The van der Waals surface area contributed by atoms with Gasteiger partial charge in [0.25, 0.3) is 0 Å². The SMILES string of the molecule is CNC1CC(C)Oc2c1ccc1ccccc21. The summed E-state index contributed by atoms with van der Waals surface area (Å²) in [6, 6.07) is 13.2. The largest absolute Gasteiger partial charge is 0.490 e. The Balaban J connectivity index is 2.24. The maximum atomic E-state index is 6.04. The Morgan fingerprint density at radius 3 is 2.82 bits per heavy atom. The van der Waals surface area contributed by atoms with Crippen molar-refractivity contribution in [3.63, 3.8) is 0 Å². The third-order valence-electron chi connectivity index (χ3n) is 3.52. The van der Waals surface area contributed by atoms with Gasteiger partial charge >= 0.3 is 0 Å². The molecule has 2 atom stereocenters. The molecule has 0 saturated carbocycles. The van der Waals surface area contributed by atoms with Gasteiger partial charge in [-0.1, -0.05) is 36.4 Å². The summed E-state index contributed by atoms with van der Waals surface area (Å²) in [4.78, 5) is 0. The van der Waals surface area contributed by atoms with Gasteiger partial charge < -0.3 is 10.1 Å². The summed E-state index contributed by atoms with van der Waals surface area (Å²) < 4.78 is 6.04. The van der Waals surface area contributed by atoms with Gasteiger partial charge in [-0.3, -0.25) is 0 Å².